The van der Waals surface area contributed by atoms with Crippen LogP contribution in [0.4, 0.5) is 0 Å². The number of hydrogen-bond donors (Lipinski definition) is 0. The Balaban J connectivity index is 0.000000202. The predicted molar refractivity (Wildman–Crippen MR) is 327 cm³/mol. The van der Waals surface area contributed by atoms with Crippen molar-refractivity contribution >= 4 is 98.9 Å². The zero-order chi connectivity index (χ0) is 51.8. The van der Waals surface area contributed by atoms with Crippen molar-refractivity contribution in [2.75, 3.05) is 13.2 Å². The molecule has 0 spiro atoms. The third-order valence-corrected chi connectivity index (χ3v) is 43.9. The van der Waals surface area contributed by atoms with E-state index >= 15 is 0 Å². The lowest BCUT2D eigenvalue weighted by atomic mass is 10.3. The van der Waals surface area contributed by atoms with Crippen molar-refractivity contribution in [1.29, 1.82) is 0 Å². The Kier molecular flexibility index (Phi) is 21.2. The monoisotopic (exact) mass is 1100 g/mol. The molecule has 6 aromatic rings. The van der Waals surface area contributed by atoms with Crippen LogP contribution < -0.4 is 31.1 Å². The second kappa shape index (κ2) is 26.4. The van der Waals surface area contributed by atoms with Crippen LogP contribution in [0.2, 0.25) is 89.6 Å². The summed E-state index contributed by atoms with van der Waals surface area (Å²) < 4.78 is 39.6. The Morgan fingerprint density at radius 3 is 1.22 bits per heavy atom. The Labute approximate surface area is 444 Å². The SMILES string of the molecule is C=C[Si](C)(C)O[Si](c1ccccc1)(c1ccccc1)c1ccccc1.C[SiH]1OCCCC[Si](C)(C)O1.C[Si]1(C)CCCCO[Si](C)(CC[Si](C)(C)O[Si](c2ccccc2)(c2ccccc2)c2ccccc2)O1. The fourth-order valence-corrected chi connectivity index (χ4v) is 43.7. The minimum Gasteiger partial charge on any atom is -0.446 e. The molecule has 0 radical (unpaired) electrons. The van der Waals surface area contributed by atoms with Gasteiger partial charge in [-0.15, -0.1) is 6.58 Å². The van der Waals surface area contributed by atoms with Crippen LogP contribution in [-0.2, 0) is 25.3 Å². The van der Waals surface area contributed by atoms with Crippen molar-refractivity contribution in [2.24, 2.45) is 0 Å². The molecule has 384 valence electrons. The van der Waals surface area contributed by atoms with Crippen LogP contribution in [0.3, 0.4) is 0 Å². The van der Waals surface area contributed by atoms with Gasteiger partial charge in [-0.25, -0.2) is 0 Å². The maximum Gasteiger partial charge on any atom is 0.324 e. The zero-order valence-electron chi connectivity index (χ0n) is 45.2. The van der Waals surface area contributed by atoms with Crippen LogP contribution in [0.5, 0.6) is 0 Å². The normalized spacial score (nSPS) is 19.6. The van der Waals surface area contributed by atoms with E-state index < -0.39 is 67.7 Å². The molecule has 2 saturated heterocycles. The Morgan fingerprint density at radius 1 is 0.500 bits per heavy atom. The van der Waals surface area contributed by atoms with Crippen LogP contribution >= 0.6 is 0 Å². The lowest BCUT2D eigenvalue weighted by Crippen LogP contribution is -2.72. The molecule has 72 heavy (non-hydrogen) atoms. The second-order valence-corrected chi connectivity index (χ2v) is 51.7. The lowest BCUT2D eigenvalue weighted by Gasteiger charge is -2.42. The van der Waals surface area contributed by atoms with Gasteiger partial charge in [0.05, 0.1) is 0 Å². The Hall–Kier alpha value is -3.44. The average Bonchev–Trinajstić information content (AvgIpc) is 3.37. The Morgan fingerprint density at radius 2 is 0.847 bits per heavy atom. The fourth-order valence-electron chi connectivity index (χ4n) is 9.99. The summed E-state index contributed by atoms with van der Waals surface area (Å²) in [4.78, 5) is 0. The summed E-state index contributed by atoms with van der Waals surface area (Å²) in [6.45, 7) is 28.8. The van der Waals surface area contributed by atoms with Gasteiger partial charge in [-0.3, -0.25) is 0 Å². The number of hydrogen-bond acceptors (Lipinski definition) is 6. The van der Waals surface area contributed by atoms with E-state index in [0.29, 0.717) is 0 Å². The largest absolute Gasteiger partial charge is 0.446 e. The highest BCUT2D eigenvalue weighted by atomic mass is 28.4. The molecular weight excluding hydrogens is 1020 g/mol. The van der Waals surface area contributed by atoms with Crippen LogP contribution in [0, 0.1) is 0 Å². The molecule has 14 heteroatoms. The van der Waals surface area contributed by atoms with Gasteiger partial charge in [-0.1, -0.05) is 201 Å². The van der Waals surface area contributed by atoms with Crippen LogP contribution in [-0.4, -0.2) is 81.0 Å². The molecule has 0 N–H and O–H groups in total. The summed E-state index contributed by atoms with van der Waals surface area (Å²) in [5.74, 6) is 0. The molecule has 0 aromatic heterocycles. The van der Waals surface area contributed by atoms with E-state index in [0.717, 1.165) is 31.7 Å². The van der Waals surface area contributed by atoms with Crippen molar-refractivity contribution in [1.82, 2.24) is 0 Å². The van der Waals surface area contributed by atoms with E-state index in [1.165, 1.54) is 62.5 Å². The van der Waals surface area contributed by atoms with E-state index in [1.54, 1.807) is 0 Å². The van der Waals surface area contributed by atoms with Crippen molar-refractivity contribution in [3.63, 3.8) is 0 Å². The van der Waals surface area contributed by atoms with E-state index in [2.05, 4.69) is 254 Å². The molecule has 2 heterocycles. The van der Waals surface area contributed by atoms with E-state index in [4.69, 9.17) is 25.3 Å². The van der Waals surface area contributed by atoms with Crippen LogP contribution in [0.1, 0.15) is 25.7 Å². The summed E-state index contributed by atoms with van der Waals surface area (Å²) >= 11 is 0. The van der Waals surface area contributed by atoms with Gasteiger partial charge in [0, 0.05) is 13.2 Å². The number of rotatable bonds is 14. The molecule has 2 aliphatic rings. The third-order valence-electron chi connectivity index (χ3n) is 13.7. The maximum absolute atomic E-state index is 7.63. The van der Waals surface area contributed by atoms with Crippen LogP contribution in [0.25, 0.3) is 0 Å². The van der Waals surface area contributed by atoms with Crippen molar-refractivity contribution < 1.29 is 25.3 Å². The average molecular weight is 1100 g/mol. The summed E-state index contributed by atoms with van der Waals surface area (Å²) in [6.07, 6.45) is 4.91. The van der Waals surface area contributed by atoms with E-state index in [1.807, 2.05) is 5.70 Å². The molecule has 8 rings (SSSR count). The van der Waals surface area contributed by atoms with Gasteiger partial charge in [0.2, 0.25) is 0 Å². The molecular formula is C58H84O6Si8. The zero-order valence-corrected chi connectivity index (χ0v) is 53.4. The standard InChI is InChI=1S/C29H42O3Si4.C22H24OSi2.C7H18O2Si2/c1-33(2)24-16-15-23-30-35(5,31-33)26-25-34(3,4)32-36(27-17-9-6-10-18-27,28-19-11-7-12-20-28)29-21-13-8-14-22-29;1-4-24(2,3)23-25(20-14-8-5-9-15-20,21-16-10-6-11-17-21)22-18-12-7-13-19-22;1-10-8-6-4-5-7-11(2,3)9-10/h6-14,17-22H,15-16,23-26H2,1-5H3;4-19H,1H2,2-3H3;10H,4-7H2,1-3H3. The van der Waals surface area contributed by atoms with E-state index in [9.17, 15) is 0 Å². The molecule has 2 atom stereocenters. The van der Waals surface area contributed by atoms with Crippen molar-refractivity contribution in [3.8, 4) is 0 Å². The first-order chi connectivity index (χ1) is 34.3. The van der Waals surface area contributed by atoms with Gasteiger partial charge in [0.1, 0.15) is 0 Å². The summed E-state index contributed by atoms with van der Waals surface area (Å²) in [7, 11) is -15.9. The van der Waals surface area contributed by atoms with Gasteiger partial charge in [0.15, 0.2) is 33.3 Å². The summed E-state index contributed by atoms with van der Waals surface area (Å²) in [5, 5.41) is 7.73. The van der Waals surface area contributed by atoms with Gasteiger partial charge in [0.25, 0.3) is 16.6 Å². The first kappa shape index (κ1) is 57.8. The minimum absolute atomic E-state index is 0.840. The quantitative estimate of drug-likeness (QED) is 0.0800. The maximum atomic E-state index is 7.63. The van der Waals surface area contributed by atoms with Gasteiger partial charge in [-0.2, -0.15) is 0 Å². The van der Waals surface area contributed by atoms with E-state index in [-0.39, 0.29) is 0 Å². The highest BCUT2D eigenvalue weighted by molar-refractivity contribution is 7.11. The Bertz CT molecular complexity index is 2310. The molecule has 2 aliphatic heterocycles. The van der Waals surface area contributed by atoms with Crippen molar-refractivity contribution in [3.05, 3.63) is 194 Å². The molecule has 2 unspecified atom stereocenters. The summed E-state index contributed by atoms with van der Waals surface area (Å²) in [5.41, 5.74) is 2.03. The molecule has 6 nitrogen and oxygen atoms in total. The lowest BCUT2D eigenvalue weighted by molar-refractivity contribution is 0.226. The van der Waals surface area contributed by atoms with Gasteiger partial charge < -0.3 is 25.3 Å². The first-order valence-corrected chi connectivity index (χ1v) is 47.1. The van der Waals surface area contributed by atoms with Gasteiger partial charge >= 0.3 is 17.8 Å². The topological polar surface area (TPSA) is 55.4 Å². The predicted octanol–water partition coefficient (Wildman–Crippen LogP) is 11.4. The number of benzene rings is 6. The third kappa shape index (κ3) is 16.3. The molecule has 0 bridgehead atoms. The summed E-state index contributed by atoms with van der Waals surface area (Å²) in [6, 6.07) is 69.5. The van der Waals surface area contributed by atoms with Gasteiger partial charge in [-0.05, 0) is 134 Å². The van der Waals surface area contributed by atoms with Crippen molar-refractivity contribution in [2.45, 2.75) is 115 Å². The molecule has 0 aliphatic carbocycles. The smallest absolute Gasteiger partial charge is 0.324 e. The molecule has 6 aromatic carbocycles. The van der Waals surface area contributed by atoms with Crippen LogP contribution in [0.15, 0.2) is 194 Å². The minimum atomic E-state index is -2.71. The highest BCUT2D eigenvalue weighted by Gasteiger charge is 2.49. The molecule has 2 fully saturated rings. The fraction of sp³-hybridized carbons (Fsp3) is 0.345. The molecule has 0 saturated carbocycles. The highest BCUT2D eigenvalue weighted by Crippen LogP contribution is 2.32. The molecule has 0 amide bonds. The second-order valence-electron chi connectivity index (χ2n) is 21.9. The first-order valence-electron chi connectivity index (χ1n) is 26.3.